The van der Waals surface area contributed by atoms with Crippen molar-refractivity contribution in [3.05, 3.63) is 35.9 Å². The Morgan fingerprint density at radius 3 is 2.54 bits per heavy atom. The quantitative estimate of drug-likeness (QED) is 0.749. The summed E-state index contributed by atoms with van der Waals surface area (Å²) in [5, 5.41) is 13.1. The molecule has 0 bridgehead atoms. The molecular weight excluding hydrogens is 360 g/mol. The third-order valence-corrected chi connectivity index (χ3v) is 4.54. The number of aliphatic hydroxyl groups excluding tert-OH is 1. The number of alkyl carbamates (subject to hydrolysis) is 1. The van der Waals surface area contributed by atoms with Crippen LogP contribution in [0.4, 0.5) is 4.79 Å². The van der Waals surface area contributed by atoms with E-state index in [1.54, 1.807) is 20.8 Å². The van der Waals surface area contributed by atoms with E-state index in [1.165, 1.54) is 0 Å². The lowest BCUT2D eigenvalue weighted by Crippen LogP contribution is -2.47. The second kappa shape index (κ2) is 9.89. The summed E-state index contributed by atoms with van der Waals surface area (Å²) in [6.45, 7) is 8.13. The highest BCUT2D eigenvalue weighted by molar-refractivity contribution is 5.72. The van der Waals surface area contributed by atoms with Gasteiger partial charge in [0.2, 0.25) is 0 Å². The van der Waals surface area contributed by atoms with Crippen LogP contribution in [0.5, 0.6) is 0 Å². The normalized spacial score (nSPS) is 23.5. The van der Waals surface area contributed by atoms with Crippen molar-refractivity contribution in [1.29, 1.82) is 0 Å². The maximum absolute atomic E-state index is 12.3. The van der Waals surface area contributed by atoms with Crippen molar-refractivity contribution in [3.8, 4) is 0 Å². The van der Waals surface area contributed by atoms with Crippen molar-refractivity contribution in [2.45, 2.75) is 70.9 Å². The van der Waals surface area contributed by atoms with Crippen LogP contribution in [0.2, 0.25) is 0 Å². The van der Waals surface area contributed by atoms with Crippen molar-refractivity contribution in [2.24, 2.45) is 0 Å². The predicted molar refractivity (Wildman–Crippen MR) is 106 cm³/mol. The van der Waals surface area contributed by atoms with E-state index in [9.17, 15) is 14.7 Å². The van der Waals surface area contributed by atoms with Crippen molar-refractivity contribution < 1.29 is 24.2 Å². The standard InChI is InChI=1S/C21H32N2O5/c1-15-10-18(24)11-17(22-20(26)28-21(2,3)4)12-23(15)13-19(25)27-14-16-8-6-5-7-9-16/h5-9,15,17-18,24H,10-14H2,1-4H3,(H,22,26)/t15-,17-,18?/m0/s1. The predicted octanol–water partition coefficient (Wildman–Crippen LogP) is 2.47. The zero-order valence-electron chi connectivity index (χ0n) is 17.2. The van der Waals surface area contributed by atoms with Gasteiger partial charge < -0.3 is 19.9 Å². The van der Waals surface area contributed by atoms with Gasteiger partial charge in [0, 0.05) is 18.6 Å². The lowest BCUT2D eigenvalue weighted by Gasteiger charge is -2.29. The van der Waals surface area contributed by atoms with E-state index in [0.717, 1.165) is 5.56 Å². The Morgan fingerprint density at radius 1 is 1.21 bits per heavy atom. The second-order valence-electron chi connectivity index (χ2n) is 8.39. The van der Waals surface area contributed by atoms with Crippen molar-refractivity contribution in [2.75, 3.05) is 13.1 Å². The van der Waals surface area contributed by atoms with Crippen LogP contribution in [0.3, 0.4) is 0 Å². The van der Waals surface area contributed by atoms with E-state index in [1.807, 2.05) is 42.2 Å². The molecule has 0 aromatic heterocycles. The van der Waals surface area contributed by atoms with Gasteiger partial charge in [0.1, 0.15) is 12.2 Å². The number of carbonyl (C=O) groups excluding carboxylic acids is 2. The molecule has 1 amide bonds. The minimum absolute atomic E-state index is 0.00953. The third-order valence-electron chi connectivity index (χ3n) is 4.54. The molecule has 1 fully saturated rings. The molecule has 2 N–H and O–H groups in total. The Kier molecular flexibility index (Phi) is 7.83. The Morgan fingerprint density at radius 2 is 1.89 bits per heavy atom. The molecule has 1 aliphatic heterocycles. The number of esters is 1. The van der Waals surface area contributed by atoms with Crippen LogP contribution in [0.25, 0.3) is 0 Å². The Hall–Kier alpha value is -2.12. The summed E-state index contributed by atoms with van der Waals surface area (Å²) in [5.74, 6) is -0.330. The minimum Gasteiger partial charge on any atom is -0.460 e. The average Bonchev–Trinajstić information content (AvgIpc) is 2.70. The first-order valence-corrected chi connectivity index (χ1v) is 9.73. The van der Waals surface area contributed by atoms with E-state index in [0.29, 0.717) is 19.4 Å². The van der Waals surface area contributed by atoms with Gasteiger partial charge in [-0.05, 0) is 46.1 Å². The SMILES string of the molecule is C[C@H]1CC(O)C[C@H](NC(=O)OC(C)(C)C)CN1CC(=O)OCc1ccccc1. The fraction of sp³-hybridized carbons (Fsp3) is 0.619. The van der Waals surface area contributed by atoms with E-state index < -0.39 is 17.8 Å². The molecule has 28 heavy (non-hydrogen) atoms. The van der Waals surface area contributed by atoms with Crippen LogP contribution in [0.15, 0.2) is 30.3 Å². The molecule has 1 aromatic carbocycles. The molecule has 2 rings (SSSR count). The first-order valence-electron chi connectivity index (χ1n) is 9.73. The monoisotopic (exact) mass is 392 g/mol. The van der Waals surface area contributed by atoms with E-state index in [-0.39, 0.29) is 31.2 Å². The molecule has 0 radical (unpaired) electrons. The molecule has 7 nitrogen and oxygen atoms in total. The van der Waals surface area contributed by atoms with E-state index in [4.69, 9.17) is 9.47 Å². The Balaban J connectivity index is 1.91. The number of amides is 1. The number of nitrogens with one attached hydrogen (secondary N) is 1. The van der Waals surface area contributed by atoms with Crippen LogP contribution in [-0.4, -0.2) is 58.9 Å². The number of aliphatic hydroxyl groups is 1. The first kappa shape index (κ1) is 22.2. The fourth-order valence-corrected chi connectivity index (χ4v) is 3.25. The zero-order valence-corrected chi connectivity index (χ0v) is 17.2. The zero-order chi connectivity index (χ0) is 20.7. The molecular formula is C21H32N2O5. The molecule has 1 unspecified atom stereocenters. The molecule has 3 atom stereocenters. The molecule has 1 aromatic rings. The minimum atomic E-state index is -0.596. The molecule has 0 spiro atoms. The maximum atomic E-state index is 12.3. The van der Waals surface area contributed by atoms with Gasteiger partial charge in [-0.2, -0.15) is 0 Å². The first-order chi connectivity index (χ1) is 13.1. The summed E-state index contributed by atoms with van der Waals surface area (Å²) < 4.78 is 10.7. The van der Waals surface area contributed by atoms with Gasteiger partial charge in [0.25, 0.3) is 0 Å². The maximum Gasteiger partial charge on any atom is 0.407 e. The smallest absolute Gasteiger partial charge is 0.407 e. The average molecular weight is 392 g/mol. The van der Waals surface area contributed by atoms with Gasteiger partial charge in [-0.25, -0.2) is 4.79 Å². The number of rotatable bonds is 5. The number of hydrogen-bond acceptors (Lipinski definition) is 6. The van der Waals surface area contributed by atoms with Gasteiger partial charge in [0.05, 0.1) is 12.6 Å². The summed E-state index contributed by atoms with van der Waals surface area (Å²) >= 11 is 0. The summed E-state index contributed by atoms with van der Waals surface area (Å²) in [7, 11) is 0. The number of hydrogen-bond donors (Lipinski definition) is 2. The lowest BCUT2D eigenvalue weighted by atomic mass is 10.1. The van der Waals surface area contributed by atoms with Crippen molar-refractivity contribution in [1.82, 2.24) is 10.2 Å². The largest absolute Gasteiger partial charge is 0.460 e. The van der Waals surface area contributed by atoms with Crippen LogP contribution < -0.4 is 5.32 Å². The Bertz CT molecular complexity index is 644. The number of ether oxygens (including phenoxy) is 2. The van der Waals surface area contributed by atoms with Crippen LogP contribution in [-0.2, 0) is 20.9 Å². The lowest BCUT2D eigenvalue weighted by molar-refractivity contribution is -0.146. The molecule has 7 heteroatoms. The number of benzene rings is 1. The van der Waals surface area contributed by atoms with Crippen molar-refractivity contribution in [3.63, 3.8) is 0 Å². The van der Waals surface area contributed by atoms with Gasteiger partial charge in [-0.3, -0.25) is 9.69 Å². The highest BCUT2D eigenvalue weighted by Gasteiger charge is 2.31. The van der Waals surface area contributed by atoms with Crippen molar-refractivity contribution >= 4 is 12.1 Å². The van der Waals surface area contributed by atoms with Crippen LogP contribution in [0.1, 0.15) is 46.1 Å². The number of nitrogens with zero attached hydrogens (tertiary/aromatic N) is 1. The van der Waals surface area contributed by atoms with Gasteiger partial charge in [-0.15, -0.1) is 0 Å². The van der Waals surface area contributed by atoms with Gasteiger partial charge >= 0.3 is 12.1 Å². The second-order valence-corrected chi connectivity index (χ2v) is 8.39. The van der Waals surface area contributed by atoms with Crippen LogP contribution in [0, 0.1) is 0 Å². The molecule has 0 saturated carbocycles. The molecule has 156 valence electrons. The number of carbonyl (C=O) groups is 2. The van der Waals surface area contributed by atoms with E-state index in [2.05, 4.69) is 5.32 Å². The Labute approximate surface area is 167 Å². The molecule has 0 aliphatic carbocycles. The van der Waals surface area contributed by atoms with Crippen LogP contribution >= 0.6 is 0 Å². The molecule has 1 heterocycles. The summed E-state index contributed by atoms with van der Waals surface area (Å²) in [6.07, 6.45) is -0.136. The third kappa shape index (κ3) is 7.86. The summed E-state index contributed by atoms with van der Waals surface area (Å²) in [5.41, 5.74) is 0.335. The fourth-order valence-electron chi connectivity index (χ4n) is 3.25. The highest BCUT2D eigenvalue weighted by Crippen LogP contribution is 2.18. The number of likely N-dealkylation sites (tertiary alicyclic amines) is 1. The summed E-state index contributed by atoms with van der Waals surface area (Å²) in [4.78, 5) is 26.3. The van der Waals surface area contributed by atoms with Gasteiger partial charge in [-0.1, -0.05) is 30.3 Å². The topological polar surface area (TPSA) is 88.1 Å². The summed E-state index contributed by atoms with van der Waals surface area (Å²) in [6, 6.07) is 9.19. The highest BCUT2D eigenvalue weighted by atomic mass is 16.6. The molecule has 1 saturated heterocycles. The molecule has 1 aliphatic rings. The van der Waals surface area contributed by atoms with E-state index >= 15 is 0 Å². The van der Waals surface area contributed by atoms with Gasteiger partial charge in [0.15, 0.2) is 0 Å².